The molecule has 1 nitrogen and oxygen atoms in total. The van der Waals surface area contributed by atoms with Crippen molar-refractivity contribution in [3.05, 3.63) is 29.3 Å². The highest BCUT2D eigenvalue weighted by Crippen LogP contribution is 2.31. The van der Waals surface area contributed by atoms with Gasteiger partial charge in [-0.05, 0) is 29.5 Å². The summed E-state index contributed by atoms with van der Waals surface area (Å²) >= 11 is 0. The zero-order chi connectivity index (χ0) is 12.3. The molecule has 0 spiro atoms. The van der Waals surface area contributed by atoms with E-state index in [2.05, 4.69) is 4.74 Å². The minimum Gasteiger partial charge on any atom is -0.405 e. The summed E-state index contributed by atoms with van der Waals surface area (Å²) in [5, 5.41) is 0. The van der Waals surface area contributed by atoms with Crippen LogP contribution < -0.4 is 4.74 Å². The van der Waals surface area contributed by atoms with E-state index < -0.39 is 6.36 Å². The van der Waals surface area contributed by atoms with Crippen LogP contribution in [0.25, 0.3) is 0 Å². The molecule has 0 N–H and O–H groups in total. The van der Waals surface area contributed by atoms with Crippen molar-refractivity contribution < 1.29 is 17.9 Å². The molecule has 0 aliphatic rings. The maximum Gasteiger partial charge on any atom is 0.573 e. The molecule has 0 heterocycles. The van der Waals surface area contributed by atoms with Crippen molar-refractivity contribution in [2.75, 3.05) is 0 Å². The topological polar surface area (TPSA) is 9.23 Å². The summed E-state index contributed by atoms with van der Waals surface area (Å²) in [6.07, 6.45) is -3.83. The van der Waals surface area contributed by atoms with E-state index in [9.17, 15) is 13.2 Å². The summed E-state index contributed by atoms with van der Waals surface area (Å²) in [5.74, 6) is -0.0939. The molecule has 0 atom stereocenters. The van der Waals surface area contributed by atoms with E-state index in [0.29, 0.717) is 5.56 Å². The van der Waals surface area contributed by atoms with Crippen molar-refractivity contribution in [1.29, 1.82) is 0 Å². The molecular formula is C12H15F3O. The lowest BCUT2D eigenvalue weighted by Gasteiger charge is -2.16. The van der Waals surface area contributed by atoms with Crippen molar-refractivity contribution in [3.63, 3.8) is 0 Å². The standard InChI is InChI=1S/C12H15F3O/c1-4-9-5-6-11(16-12(13,14)15)10(7-9)8(2)3/h5-8H,4H2,1-3H3. The van der Waals surface area contributed by atoms with E-state index >= 15 is 0 Å². The SMILES string of the molecule is CCc1ccc(OC(F)(F)F)c(C(C)C)c1. The lowest BCUT2D eigenvalue weighted by molar-refractivity contribution is -0.274. The van der Waals surface area contributed by atoms with Crippen molar-refractivity contribution in [2.24, 2.45) is 0 Å². The van der Waals surface area contributed by atoms with E-state index in [1.54, 1.807) is 12.1 Å². The number of aryl methyl sites for hydroxylation is 1. The van der Waals surface area contributed by atoms with Gasteiger partial charge >= 0.3 is 6.36 Å². The first-order valence-corrected chi connectivity index (χ1v) is 5.22. The van der Waals surface area contributed by atoms with Gasteiger partial charge in [-0.15, -0.1) is 13.2 Å². The fraction of sp³-hybridized carbons (Fsp3) is 0.500. The number of benzene rings is 1. The molecule has 0 saturated carbocycles. The maximum absolute atomic E-state index is 12.1. The van der Waals surface area contributed by atoms with Crippen LogP contribution in [-0.2, 0) is 6.42 Å². The minimum absolute atomic E-state index is 0.00356. The molecule has 0 amide bonds. The second kappa shape index (κ2) is 4.76. The van der Waals surface area contributed by atoms with Gasteiger partial charge in [0, 0.05) is 0 Å². The zero-order valence-corrected chi connectivity index (χ0v) is 9.56. The Hall–Kier alpha value is -1.19. The smallest absolute Gasteiger partial charge is 0.405 e. The van der Waals surface area contributed by atoms with Crippen LogP contribution in [0.1, 0.15) is 37.8 Å². The third-order valence-corrected chi connectivity index (χ3v) is 2.33. The van der Waals surface area contributed by atoms with Crippen LogP contribution in [0.2, 0.25) is 0 Å². The Kier molecular flexibility index (Phi) is 3.83. The molecule has 0 radical (unpaired) electrons. The number of hydrogen-bond acceptors (Lipinski definition) is 1. The number of halogens is 3. The molecule has 0 aliphatic heterocycles. The normalized spacial score (nSPS) is 11.9. The number of rotatable bonds is 3. The Morgan fingerprint density at radius 1 is 1.25 bits per heavy atom. The third kappa shape index (κ3) is 3.43. The number of ether oxygens (including phenoxy) is 1. The van der Waals surface area contributed by atoms with Crippen molar-refractivity contribution in [3.8, 4) is 5.75 Å². The summed E-state index contributed by atoms with van der Waals surface area (Å²) in [6.45, 7) is 5.65. The van der Waals surface area contributed by atoms with Crippen LogP contribution in [0.5, 0.6) is 5.75 Å². The molecule has 0 saturated heterocycles. The summed E-state index contributed by atoms with van der Waals surface area (Å²) in [6, 6.07) is 4.82. The van der Waals surface area contributed by atoms with Gasteiger partial charge in [0.15, 0.2) is 0 Å². The van der Waals surface area contributed by atoms with Crippen LogP contribution >= 0.6 is 0 Å². The Morgan fingerprint density at radius 2 is 1.88 bits per heavy atom. The Bertz CT molecular complexity index is 356. The average molecular weight is 232 g/mol. The number of hydrogen-bond donors (Lipinski definition) is 0. The van der Waals surface area contributed by atoms with E-state index in [4.69, 9.17) is 0 Å². The number of alkyl halides is 3. The van der Waals surface area contributed by atoms with Crippen LogP contribution in [0.3, 0.4) is 0 Å². The second-order valence-corrected chi connectivity index (χ2v) is 3.93. The third-order valence-electron chi connectivity index (χ3n) is 2.33. The quantitative estimate of drug-likeness (QED) is 0.756. The Morgan fingerprint density at radius 3 is 2.31 bits per heavy atom. The largest absolute Gasteiger partial charge is 0.573 e. The summed E-state index contributed by atoms with van der Waals surface area (Å²) in [4.78, 5) is 0. The van der Waals surface area contributed by atoms with Crippen LogP contribution in [0.15, 0.2) is 18.2 Å². The van der Waals surface area contributed by atoms with Crippen LogP contribution in [0, 0.1) is 0 Å². The van der Waals surface area contributed by atoms with Gasteiger partial charge in [0.25, 0.3) is 0 Å². The molecule has 0 fully saturated rings. The Balaban J connectivity index is 3.08. The highest BCUT2D eigenvalue weighted by atomic mass is 19.4. The fourth-order valence-electron chi connectivity index (χ4n) is 1.49. The van der Waals surface area contributed by atoms with Crippen molar-refractivity contribution in [1.82, 2.24) is 0 Å². The van der Waals surface area contributed by atoms with Crippen molar-refractivity contribution >= 4 is 0 Å². The van der Waals surface area contributed by atoms with Gasteiger partial charge in [-0.1, -0.05) is 32.9 Å². The van der Waals surface area contributed by atoms with Gasteiger partial charge in [0.1, 0.15) is 5.75 Å². The van der Waals surface area contributed by atoms with Gasteiger partial charge < -0.3 is 4.74 Å². The summed E-state index contributed by atoms with van der Waals surface area (Å²) in [7, 11) is 0. The average Bonchev–Trinajstić information content (AvgIpc) is 2.15. The van der Waals surface area contributed by atoms with E-state index in [-0.39, 0.29) is 11.7 Å². The predicted molar refractivity (Wildman–Crippen MR) is 56.6 cm³/mol. The molecule has 0 unspecified atom stereocenters. The molecule has 0 aliphatic carbocycles. The van der Waals surface area contributed by atoms with Crippen LogP contribution in [0.4, 0.5) is 13.2 Å². The molecule has 0 aromatic heterocycles. The van der Waals surface area contributed by atoms with Gasteiger partial charge in [0.05, 0.1) is 0 Å². The molecule has 1 aromatic carbocycles. The molecule has 1 rings (SSSR count). The zero-order valence-electron chi connectivity index (χ0n) is 9.56. The fourth-order valence-corrected chi connectivity index (χ4v) is 1.49. The van der Waals surface area contributed by atoms with Gasteiger partial charge in [0.2, 0.25) is 0 Å². The summed E-state index contributed by atoms with van der Waals surface area (Å²) < 4.78 is 40.4. The molecule has 1 aromatic rings. The van der Waals surface area contributed by atoms with Gasteiger partial charge in [-0.2, -0.15) is 0 Å². The Labute approximate surface area is 93.2 Å². The molecule has 16 heavy (non-hydrogen) atoms. The first-order valence-electron chi connectivity index (χ1n) is 5.22. The molecule has 90 valence electrons. The first-order chi connectivity index (χ1) is 7.33. The maximum atomic E-state index is 12.1. The summed E-state index contributed by atoms with van der Waals surface area (Å²) in [5.41, 5.74) is 1.61. The van der Waals surface area contributed by atoms with E-state index in [1.807, 2.05) is 20.8 Å². The van der Waals surface area contributed by atoms with Crippen LogP contribution in [-0.4, -0.2) is 6.36 Å². The highest BCUT2D eigenvalue weighted by molar-refractivity contribution is 5.39. The molecule has 4 heteroatoms. The van der Waals surface area contributed by atoms with Gasteiger partial charge in [-0.3, -0.25) is 0 Å². The van der Waals surface area contributed by atoms with E-state index in [1.165, 1.54) is 6.07 Å². The van der Waals surface area contributed by atoms with E-state index in [0.717, 1.165) is 12.0 Å². The molecule has 0 bridgehead atoms. The predicted octanol–water partition coefficient (Wildman–Crippen LogP) is 4.27. The first kappa shape index (κ1) is 12.9. The second-order valence-electron chi connectivity index (χ2n) is 3.93. The molecular weight excluding hydrogens is 217 g/mol. The lowest BCUT2D eigenvalue weighted by atomic mass is 9.99. The van der Waals surface area contributed by atoms with Crippen molar-refractivity contribution in [2.45, 2.75) is 39.5 Å². The monoisotopic (exact) mass is 232 g/mol. The minimum atomic E-state index is -4.63. The lowest BCUT2D eigenvalue weighted by Crippen LogP contribution is -2.18. The van der Waals surface area contributed by atoms with Gasteiger partial charge in [-0.25, -0.2) is 0 Å². The highest BCUT2D eigenvalue weighted by Gasteiger charge is 2.32.